The van der Waals surface area contributed by atoms with Crippen LogP contribution in [0.5, 0.6) is 0 Å². The second-order valence-corrected chi connectivity index (χ2v) is 9.47. The molecule has 2 aromatic carbocycles. The Balaban J connectivity index is 1.85. The zero-order chi connectivity index (χ0) is 24.9. The summed E-state index contributed by atoms with van der Waals surface area (Å²) in [6.07, 6.45) is 0. The van der Waals surface area contributed by atoms with E-state index in [2.05, 4.69) is 4.99 Å². The maximum absolute atomic E-state index is 14.0. The highest BCUT2D eigenvalue weighted by atomic mass is 35.5. The van der Waals surface area contributed by atoms with Crippen LogP contribution in [0, 0.1) is 0 Å². The summed E-state index contributed by atoms with van der Waals surface area (Å²) in [5.74, 6) is -0.786. The van der Waals surface area contributed by atoms with Gasteiger partial charge in [-0.25, -0.2) is 9.79 Å². The molecular weight excluding hydrogens is 486 g/mol. The Kier molecular flexibility index (Phi) is 5.94. The van der Waals surface area contributed by atoms with E-state index < -0.39 is 17.6 Å². The van der Waals surface area contributed by atoms with Gasteiger partial charge in [-0.1, -0.05) is 59.3 Å². The van der Waals surface area contributed by atoms with Crippen LogP contribution in [0.4, 0.5) is 5.69 Å². The quantitative estimate of drug-likeness (QED) is 0.508. The second kappa shape index (κ2) is 8.94. The Hall–Kier alpha value is -3.49. The zero-order valence-corrected chi connectivity index (χ0v) is 20.9. The average Bonchev–Trinajstić information content (AvgIpc) is 3.30. The fourth-order valence-corrected chi connectivity index (χ4v) is 6.02. The van der Waals surface area contributed by atoms with Crippen molar-refractivity contribution < 1.29 is 14.3 Å². The fourth-order valence-electron chi connectivity index (χ4n) is 4.65. The number of aromatic nitrogens is 1. The molecule has 0 spiro atoms. The first-order chi connectivity index (χ1) is 16.9. The first-order valence-electron chi connectivity index (χ1n) is 11.3. The van der Waals surface area contributed by atoms with Crippen LogP contribution in [0.3, 0.4) is 0 Å². The van der Waals surface area contributed by atoms with Crippen molar-refractivity contribution in [2.75, 3.05) is 18.1 Å². The van der Waals surface area contributed by atoms with Crippen LogP contribution in [-0.2, 0) is 14.3 Å². The Morgan fingerprint density at radius 2 is 1.83 bits per heavy atom. The van der Waals surface area contributed by atoms with Gasteiger partial charge in [-0.15, -0.1) is 0 Å². The number of nitrogens with zero attached hydrogens (tertiary/aromatic N) is 3. The van der Waals surface area contributed by atoms with Crippen molar-refractivity contribution in [1.82, 2.24) is 4.57 Å². The minimum Gasteiger partial charge on any atom is -0.463 e. The highest BCUT2D eigenvalue weighted by molar-refractivity contribution is 7.07. The lowest BCUT2D eigenvalue weighted by Crippen LogP contribution is -2.41. The smallest absolute Gasteiger partial charge is 0.338 e. The molecule has 178 valence electrons. The monoisotopic (exact) mass is 507 g/mol. The lowest BCUT2D eigenvalue weighted by molar-refractivity contribution is -0.139. The Labute approximate surface area is 210 Å². The molecule has 1 unspecified atom stereocenters. The molecule has 0 saturated heterocycles. The molecule has 7 nitrogen and oxygen atoms in total. The van der Waals surface area contributed by atoms with Crippen molar-refractivity contribution in [2.45, 2.75) is 26.8 Å². The van der Waals surface area contributed by atoms with E-state index in [1.165, 1.54) is 4.57 Å². The molecule has 2 aliphatic rings. The molecular formula is C26H22ClN3O4S. The number of carbonyl (C=O) groups excluding carboxylic acids is 2. The van der Waals surface area contributed by atoms with Gasteiger partial charge in [0.25, 0.3) is 11.5 Å². The van der Waals surface area contributed by atoms with Crippen molar-refractivity contribution in [3.8, 4) is 0 Å². The SMILES string of the molecule is CCOC(=O)C1=C(C)N=c2s/c(=C3/C(=O)N(CC)c4ccccc43)c(=O)n2C1c1ccccc1Cl. The van der Waals surface area contributed by atoms with Crippen LogP contribution in [0.2, 0.25) is 5.02 Å². The van der Waals surface area contributed by atoms with E-state index in [0.717, 1.165) is 17.0 Å². The van der Waals surface area contributed by atoms with E-state index in [1.54, 1.807) is 43.0 Å². The van der Waals surface area contributed by atoms with Gasteiger partial charge in [0.15, 0.2) is 4.80 Å². The molecule has 9 heteroatoms. The number of ether oxygens (including phenoxy) is 1. The number of amides is 1. The predicted octanol–water partition coefficient (Wildman–Crippen LogP) is 3.19. The minimum absolute atomic E-state index is 0.178. The van der Waals surface area contributed by atoms with E-state index in [9.17, 15) is 14.4 Å². The van der Waals surface area contributed by atoms with Gasteiger partial charge < -0.3 is 9.64 Å². The fraction of sp³-hybridized carbons (Fsp3) is 0.231. The minimum atomic E-state index is -0.831. The van der Waals surface area contributed by atoms with Gasteiger partial charge >= 0.3 is 5.97 Å². The molecule has 35 heavy (non-hydrogen) atoms. The van der Waals surface area contributed by atoms with Gasteiger partial charge in [-0.3, -0.25) is 14.2 Å². The zero-order valence-electron chi connectivity index (χ0n) is 19.4. The number of allylic oxidation sites excluding steroid dienone is 1. The van der Waals surface area contributed by atoms with Crippen molar-refractivity contribution in [2.24, 2.45) is 4.99 Å². The summed E-state index contributed by atoms with van der Waals surface area (Å²) in [7, 11) is 0. The van der Waals surface area contributed by atoms with E-state index in [4.69, 9.17) is 16.3 Å². The number of fused-ring (bicyclic) bond motifs is 2. The number of hydrogen-bond donors (Lipinski definition) is 0. The van der Waals surface area contributed by atoms with E-state index in [1.807, 2.05) is 31.2 Å². The predicted molar refractivity (Wildman–Crippen MR) is 135 cm³/mol. The van der Waals surface area contributed by atoms with Gasteiger partial charge in [-0.2, -0.15) is 0 Å². The Bertz CT molecular complexity index is 1600. The average molecular weight is 508 g/mol. The molecule has 3 aromatic rings. The number of hydrogen-bond acceptors (Lipinski definition) is 6. The molecule has 0 aliphatic carbocycles. The van der Waals surface area contributed by atoms with E-state index in [0.29, 0.717) is 38.8 Å². The molecule has 5 rings (SSSR count). The topological polar surface area (TPSA) is 81.0 Å². The van der Waals surface area contributed by atoms with Crippen molar-refractivity contribution >= 4 is 46.1 Å². The van der Waals surface area contributed by atoms with Gasteiger partial charge in [0.1, 0.15) is 10.6 Å². The number of halogens is 1. The van der Waals surface area contributed by atoms with Crippen LogP contribution in [0.15, 0.2) is 69.6 Å². The third-order valence-corrected chi connectivity index (χ3v) is 7.56. The lowest BCUT2D eigenvalue weighted by atomic mass is 9.96. The number of esters is 1. The van der Waals surface area contributed by atoms with Gasteiger partial charge in [-0.05, 0) is 38.5 Å². The number of benzene rings is 2. The third-order valence-electron chi connectivity index (χ3n) is 6.16. The maximum Gasteiger partial charge on any atom is 0.338 e. The van der Waals surface area contributed by atoms with Crippen LogP contribution >= 0.6 is 22.9 Å². The van der Waals surface area contributed by atoms with Gasteiger partial charge in [0, 0.05) is 17.1 Å². The summed E-state index contributed by atoms with van der Waals surface area (Å²) in [4.78, 5) is 47.0. The molecule has 1 amide bonds. The largest absolute Gasteiger partial charge is 0.463 e. The first kappa shape index (κ1) is 23.3. The summed E-state index contributed by atoms with van der Waals surface area (Å²) in [5.41, 5.74) is 2.70. The number of para-hydroxylation sites is 1. The molecule has 1 atom stereocenters. The van der Waals surface area contributed by atoms with Gasteiger partial charge in [0.05, 0.1) is 29.1 Å². The third kappa shape index (κ3) is 3.56. The number of likely N-dealkylation sites (N-methyl/N-ethyl adjacent to an activating group) is 1. The number of rotatable bonds is 4. The van der Waals surface area contributed by atoms with Crippen molar-refractivity contribution in [3.63, 3.8) is 0 Å². The van der Waals surface area contributed by atoms with Crippen LogP contribution < -0.4 is 19.8 Å². The molecule has 0 radical (unpaired) electrons. The van der Waals surface area contributed by atoms with E-state index >= 15 is 0 Å². The number of anilines is 1. The molecule has 3 heterocycles. The van der Waals surface area contributed by atoms with Crippen molar-refractivity contribution in [1.29, 1.82) is 0 Å². The van der Waals surface area contributed by atoms with Crippen LogP contribution in [0.25, 0.3) is 5.57 Å². The second-order valence-electron chi connectivity index (χ2n) is 8.09. The molecule has 1 aromatic heterocycles. The summed E-state index contributed by atoms with van der Waals surface area (Å²) in [6, 6.07) is 13.7. The standard InChI is InChI=1S/C26H22ClN3O4S/c1-4-29-18-13-9-7-11-16(18)20(23(29)31)22-24(32)30-21(15-10-6-8-12-17(15)27)19(25(33)34-5-2)14(3)28-26(30)35-22/h6-13,21H,4-5H2,1-3H3/b22-20+. The highest BCUT2D eigenvalue weighted by Crippen LogP contribution is 2.36. The molecule has 0 N–H and O–H groups in total. The number of carbonyl (C=O) groups is 2. The number of thiazole rings is 1. The Morgan fingerprint density at radius 3 is 2.54 bits per heavy atom. The maximum atomic E-state index is 14.0. The first-order valence-corrected chi connectivity index (χ1v) is 12.5. The summed E-state index contributed by atoms with van der Waals surface area (Å²) >= 11 is 7.69. The van der Waals surface area contributed by atoms with Crippen LogP contribution in [0.1, 0.15) is 37.9 Å². The lowest BCUT2D eigenvalue weighted by Gasteiger charge is -2.25. The van der Waals surface area contributed by atoms with E-state index in [-0.39, 0.29) is 22.6 Å². The van der Waals surface area contributed by atoms with Gasteiger partial charge in [0.2, 0.25) is 0 Å². The van der Waals surface area contributed by atoms with Crippen molar-refractivity contribution in [3.05, 3.63) is 95.6 Å². The molecule has 0 bridgehead atoms. The molecule has 0 fully saturated rings. The molecule has 2 aliphatic heterocycles. The molecule has 0 saturated carbocycles. The van der Waals surface area contributed by atoms with Crippen LogP contribution in [-0.4, -0.2) is 29.6 Å². The Morgan fingerprint density at radius 1 is 1.11 bits per heavy atom. The summed E-state index contributed by atoms with van der Waals surface area (Å²) < 4.78 is 7.06. The highest BCUT2D eigenvalue weighted by Gasteiger charge is 2.37. The summed E-state index contributed by atoms with van der Waals surface area (Å²) in [6.45, 7) is 5.98. The normalized spacial score (nSPS) is 18.3. The summed E-state index contributed by atoms with van der Waals surface area (Å²) in [5, 5.41) is 0.409.